The molecule has 0 radical (unpaired) electrons. The molecule has 0 bridgehead atoms. The minimum atomic E-state index is -0.984. The largest absolute Gasteiger partial charge is 0.487 e. The van der Waals surface area contributed by atoms with Gasteiger partial charge in [-0.15, -0.1) is 0 Å². The molecule has 1 heterocycles. The Hall–Kier alpha value is -1.75. The van der Waals surface area contributed by atoms with Crippen LogP contribution in [0, 0.1) is 0 Å². The maximum atomic E-state index is 10.8. The molecular weight excluding hydrogens is 212 g/mol. The normalized spacial score (nSPS) is 15.8. The van der Waals surface area contributed by atoms with Crippen LogP contribution in [-0.4, -0.2) is 37.5 Å². The summed E-state index contributed by atoms with van der Waals surface area (Å²) in [5.41, 5.74) is 0.183. The lowest BCUT2D eigenvalue weighted by atomic mass is 10.2. The zero-order valence-corrected chi connectivity index (χ0v) is 8.64. The second kappa shape index (κ2) is 4.85. The fourth-order valence-electron chi connectivity index (χ4n) is 1.40. The number of carboxylic acid groups (broad SMARTS) is 1. The fourth-order valence-corrected chi connectivity index (χ4v) is 1.40. The Bertz CT molecular complexity index is 388. The molecule has 1 aliphatic rings. The molecule has 0 amide bonds. The maximum absolute atomic E-state index is 10.8. The first-order valence-electron chi connectivity index (χ1n) is 4.98. The molecule has 1 aromatic rings. The molecule has 1 aliphatic heterocycles. The molecule has 0 aliphatic carbocycles. The number of hydrogen-bond donors (Lipinski definition) is 1. The quantitative estimate of drug-likeness (QED) is 0.775. The molecule has 5 nitrogen and oxygen atoms in total. The van der Waals surface area contributed by atoms with Gasteiger partial charge in [-0.25, -0.2) is 4.79 Å². The molecule has 2 rings (SSSR count). The molecular formula is C11H12O5. The first kappa shape index (κ1) is 10.8. The smallest absolute Gasteiger partial charge is 0.335 e. The average molecular weight is 224 g/mol. The van der Waals surface area contributed by atoms with E-state index in [-0.39, 0.29) is 5.56 Å². The van der Waals surface area contributed by atoms with E-state index in [1.165, 1.54) is 12.1 Å². The molecule has 5 heteroatoms. The van der Waals surface area contributed by atoms with Crippen LogP contribution in [0.3, 0.4) is 0 Å². The van der Waals surface area contributed by atoms with Crippen molar-refractivity contribution in [2.45, 2.75) is 0 Å². The third-order valence-corrected chi connectivity index (χ3v) is 2.16. The van der Waals surface area contributed by atoms with E-state index in [1.807, 2.05) is 0 Å². The summed E-state index contributed by atoms with van der Waals surface area (Å²) in [6, 6.07) is 4.55. The van der Waals surface area contributed by atoms with Gasteiger partial charge in [0, 0.05) is 0 Å². The van der Waals surface area contributed by atoms with Gasteiger partial charge in [-0.3, -0.25) is 0 Å². The van der Waals surface area contributed by atoms with Crippen molar-refractivity contribution in [3.8, 4) is 11.5 Å². The van der Waals surface area contributed by atoms with Gasteiger partial charge in [0.05, 0.1) is 18.8 Å². The van der Waals surface area contributed by atoms with Crippen LogP contribution >= 0.6 is 0 Å². The summed E-state index contributed by atoms with van der Waals surface area (Å²) in [6.45, 7) is 1.80. The molecule has 0 saturated heterocycles. The number of carboxylic acids is 1. The molecule has 0 aromatic heterocycles. The van der Waals surface area contributed by atoms with Crippen LogP contribution in [0.5, 0.6) is 11.5 Å². The highest BCUT2D eigenvalue weighted by Gasteiger charge is 2.11. The minimum Gasteiger partial charge on any atom is -0.487 e. The summed E-state index contributed by atoms with van der Waals surface area (Å²) in [5, 5.41) is 8.85. The molecule has 16 heavy (non-hydrogen) atoms. The van der Waals surface area contributed by atoms with Crippen molar-refractivity contribution in [3.63, 3.8) is 0 Å². The van der Waals surface area contributed by atoms with Crippen LogP contribution in [0.1, 0.15) is 10.4 Å². The van der Waals surface area contributed by atoms with Crippen LogP contribution in [0.4, 0.5) is 0 Å². The van der Waals surface area contributed by atoms with E-state index in [0.717, 1.165) is 0 Å². The molecule has 0 saturated carbocycles. The van der Waals surface area contributed by atoms with Crippen molar-refractivity contribution in [2.24, 2.45) is 0 Å². The summed E-state index contributed by atoms with van der Waals surface area (Å²) in [5.74, 6) is 0.0171. The Labute approximate surface area is 92.5 Å². The number of fused-ring (bicyclic) bond motifs is 1. The fraction of sp³-hybridized carbons (Fsp3) is 0.364. The van der Waals surface area contributed by atoms with Gasteiger partial charge in [-0.05, 0) is 18.2 Å². The van der Waals surface area contributed by atoms with Crippen LogP contribution in [0.15, 0.2) is 18.2 Å². The highest BCUT2D eigenvalue weighted by atomic mass is 16.6. The van der Waals surface area contributed by atoms with Crippen LogP contribution in [0.2, 0.25) is 0 Å². The second-order valence-electron chi connectivity index (χ2n) is 3.28. The number of hydrogen-bond acceptors (Lipinski definition) is 4. The second-order valence-corrected chi connectivity index (χ2v) is 3.28. The Kier molecular flexibility index (Phi) is 3.26. The van der Waals surface area contributed by atoms with Gasteiger partial charge in [0.2, 0.25) is 0 Å². The predicted molar refractivity (Wildman–Crippen MR) is 55.2 cm³/mol. The molecule has 86 valence electrons. The van der Waals surface area contributed by atoms with Gasteiger partial charge >= 0.3 is 5.97 Å². The molecule has 1 aromatic carbocycles. The van der Waals surface area contributed by atoms with E-state index in [0.29, 0.717) is 37.9 Å². The van der Waals surface area contributed by atoms with Crippen molar-refractivity contribution in [1.82, 2.24) is 0 Å². The third-order valence-electron chi connectivity index (χ3n) is 2.16. The third kappa shape index (κ3) is 2.43. The van der Waals surface area contributed by atoms with Crippen molar-refractivity contribution < 1.29 is 24.1 Å². The highest BCUT2D eigenvalue weighted by Crippen LogP contribution is 2.28. The Morgan fingerprint density at radius 2 is 1.75 bits per heavy atom. The molecule has 1 N–H and O–H groups in total. The van der Waals surface area contributed by atoms with Crippen molar-refractivity contribution >= 4 is 5.97 Å². The summed E-state index contributed by atoms with van der Waals surface area (Å²) < 4.78 is 16.0. The Balaban J connectivity index is 2.27. The van der Waals surface area contributed by atoms with Crippen LogP contribution < -0.4 is 9.47 Å². The average Bonchev–Trinajstić information content (AvgIpc) is 2.39. The first-order valence-corrected chi connectivity index (χ1v) is 4.98. The number of ether oxygens (including phenoxy) is 3. The van der Waals surface area contributed by atoms with Crippen molar-refractivity contribution in [2.75, 3.05) is 26.4 Å². The van der Waals surface area contributed by atoms with E-state index < -0.39 is 5.97 Å². The summed E-state index contributed by atoms with van der Waals surface area (Å²) in [6.07, 6.45) is 0. The van der Waals surface area contributed by atoms with Gasteiger partial charge < -0.3 is 19.3 Å². The first-order chi connectivity index (χ1) is 7.77. The number of rotatable bonds is 1. The summed E-state index contributed by atoms with van der Waals surface area (Å²) in [7, 11) is 0. The van der Waals surface area contributed by atoms with E-state index in [2.05, 4.69) is 0 Å². The summed E-state index contributed by atoms with van der Waals surface area (Å²) in [4.78, 5) is 10.8. The number of aromatic carboxylic acids is 1. The van der Waals surface area contributed by atoms with E-state index in [9.17, 15) is 4.79 Å². The van der Waals surface area contributed by atoms with Gasteiger partial charge in [-0.1, -0.05) is 0 Å². The zero-order valence-electron chi connectivity index (χ0n) is 8.64. The monoisotopic (exact) mass is 224 g/mol. The highest BCUT2D eigenvalue weighted by molar-refractivity contribution is 5.88. The lowest BCUT2D eigenvalue weighted by molar-refractivity contribution is 0.0696. The molecule has 0 atom stereocenters. The number of benzene rings is 1. The Morgan fingerprint density at radius 1 is 1.06 bits per heavy atom. The molecule has 0 fully saturated rings. The predicted octanol–water partition coefficient (Wildman–Crippen LogP) is 1.17. The van der Waals surface area contributed by atoms with E-state index >= 15 is 0 Å². The lowest BCUT2D eigenvalue weighted by Crippen LogP contribution is -2.08. The summed E-state index contributed by atoms with van der Waals surface area (Å²) >= 11 is 0. The topological polar surface area (TPSA) is 65.0 Å². The zero-order chi connectivity index (χ0) is 11.4. The van der Waals surface area contributed by atoms with Gasteiger partial charge in [0.25, 0.3) is 0 Å². The SMILES string of the molecule is O=C(O)c1ccc2c(c1)OCCOCCO2. The number of carbonyl (C=O) groups is 1. The molecule has 0 spiro atoms. The van der Waals surface area contributed by atoms with E-state index in [1.54, 1.807) is 6.07 Å². The van der Waals surface area contributed by atoms with Gasteiger partial charge in [0.1, 0.15) is 13.2 Å². The Morgan fingerprint density at radius 3 is 2.44 bits per heavy atom. The van der Waals surface area contributed by atoms with Crippen LogP contribution in [-0.2, 0) is 4.74 Å². The maximum Gasteiger partial charge on any atom is 0.335 e. The minimum absolute atomic E-state index is 0.183. The van der Waals surface area contributed by atoms with Crippen LogP contribution in [0.25, 0.3) is 0 Å². The van der Waals surface area contributed by atoms with Gasteiger partial charge in [0.15, 0.2) is 11.5 Å². The lowest BCUT2D eigenvalue weighted by Gasteiger charge is -2.10. The molecule has 0 unspecified atom stereocenters. The van der Waals surface area contributed by atoms with Gasteiger partial charge in [-0.2, -0.15) is 0 Å². The standard InChI is InChI=1S/C11H12O5/c12-11(13)8-1-2-9-10(7-8)16-6-4-14-3-5-15-9/h1-2,7H,3-6H2,(H,12,13). The van der Waals surface area contributed by atoms with Crippen molar-refractivity contribution in [1.29, 1.82) is 0 Å². The van der Waals surface area contributed by atoms with Crippen molar-refractivity contribution in [3.05, 3.63) is 23.8 Å². The van der Waals surface area contributed by atoms with E-state index in [4.69, 9.17) is 19.3 Å².